The third-order valence-corrected chi connectivity index (χ3v) is 2.90. The van der Waals surface area contributed by atoms with Crippen LogP contribution >= 0.6 is 0 Å². The van der Waals surface area contributed by atoms with Crippen molar-refractivity contribution in [3.63, 3.8) is 0 Å². The van der Waals surface area contributed by atoms with E-state index in [4.69, 9.17) is 9.78 Å². The van der Waals surface area contributed by atoms with Gasteiger partial charge in [0.15, 0.2) is 11.5 Å². The third-order valence-electron chi connectivity index (χ3n) is 2.90. The Bertz CT molecular complexity index is 752. The van der Waals surface area contributed by atoms with Crippen molar-refractivity contribution in [2.75, 3.05) is 0 Å². The van der Waals surface area contributed by atoms with Crippen LogP contribution in [0.5, 0.6) is 23.0 Å². The Balaban J connectivity index is 1.90. The predicted molar refractivity (Wildman–Crippen MR) is 75.0 cm³/mol. The maximum Gasteiger partial charge on any atom is 0.186 e. The summed E-state index contributed by atoms with van der Waals surface area (Å²) in [6.07, 6.45) is 0. The van der Waals surface area contributed by atoms with Gasteiger partial charge in [-0.3, -0.25) is 9.78 Å². The van der Waals surface area contributed by atoms with Gasteiger partial charge in [-0.1, -0.05) is 30.3 Å². The fourth-order valence-corrected chi connectivity index (χ4v) is 1.97. The summed E-state index contributed by atoms with van der Waals surface area (Å²) >= 11 is 0. The monoisotopic (exact) mass is 268 g/mol. The molecule has 0 atom stereocenters. The SMILES string of the molecule is Oc1cccc(OOc2cccc3c(O)cccc23)c1. The molecule has 0 aliphatic rings. The lowest BCUT2D eigenvalue weighted by atomic mass is 10.1. The summed E-state index contributed by atoms with van der Waals surface area (Å²) < 4.78 is 0. The first-order valence-corrected chi connectivity index (χ1v) is 6.08. The number of rotatable bonds is 3. The second kappa shape index (κ2) is 5.01. The molecule has 100 valence electrons. The van der Waals surface area contributed by atoms with Crippen molar-refractivity contribution in [3.05, 3.63) is 60.7 Å². The summed E-state index contributed by atoms with van der Waals surface area (Å²) in [5.74, 6) is 1.16. The van der Waals surface area contributed by atoms with E-state index in [0.717, 1.165) is 5.39 Å². The maximum absolute atomic E-state index is 9.79. The highest BCUT2D eigenvalue weighted by atomic mass is 17.2. The minimum atomic E-state index is 0.0988. The maximum atomic E-state index is 9.79. The minimum Gasteiger partial charge on any atom is -0.508 e. The predicted octanol–water partition coefficient (Wildman–Crippen LogP) is 3.62. The molecule has 0 heterocycles. The van der Waals surface area contributed by atoms with E-state index in [2.05, 4.69) is 0 Å². The topological polar surface area (TPSA) is 58.9 Å². The van der Waals surface area contributed by atoms with Gasteiger partial charge in [-0.05, 0) is 24.3 Å². The first-order valence-electron chi connectivity index (χ1n) is 6.08. The zero-order valence-corrected chi connectivity index (χ0v) is 10.5. The number of phenolic OH excluding ortho intramolecular Hbond substituents is 2. The van der Waals surface area contributed by atoms with Crippen LogP contribution in [0.3, 0.4) is 0 Å². The molecule has 0 radical (unpaired) electrons. The van der Waals surface area contributed by atoms with Crippen molar-refractivity contribution in [2.45, 2.75) is 0 Å². The van der Waals surface area contributed by atoms with Gasteiger partial charge in [-0.15, -0.1) is 0 Å². The average Bonchev–Trinajstić information content (AvgIpc) is 2.46. The van der Waals surface area contributed by atoms with Crippen LogP contribution in [0, 0.1) is 0 Å². The average molecular weight is 268 g/mol. The Morgan fingerprint density at radius 2 is 1.45 bits per heavy atom. The van der Waals surface area contributed by atoms with Crippen molar-refractivity contribution in [1.82, 2.24) is 0 Å². The van der Waals surface area contributed by atoms with Crippen LogP contribution in [0.15, 0.2) is 60.7 Å². The molecule has 4 nitrogen and oxygen atoms in total. The summed E-state index contributed by atoms with van der Waals surface area (Å²) in [4.78, 5) is 10.5. The Morgan fingerprint density at radius 3 is 2.30 bits per heavy atom. The molecule has 0 fully saturated rings. The number of benzene rings is 3. The van der Waals surface area contributed by atoms with Gasteiger partial charge in [0.1, 0.15) is 11.5 Å². The van der Waals surface area contributed by atoms with E-state index >= 15 is 0 Å². The molecular weight excluding hydrogens is 256 g/mol. The van der Waals surface area contributed by atoms with Gasteiger partial charge in [0.2, 0.25) is 0 Å². The van der Waals surface area contributed by atoms with Crippen molar-refractivity contribution in [2.24, 2.45) is 0 Å². The highest BCUT2D eigenvalue weighted by Crippen LogP contribution is 2.31. The van der Waals surface area contributed by atoms with E-state index in [1.54, 1.807) is 48.5 Å². The summed E-state index contributed by atoms with van der Waals surface area (Å²) in [5, 5.41) is 20.6. The second-order valence-corrected chi connectivity index (χ2v) is 4.29. The smallest absolute Gasteiger partial charge is 0.186 e. The van der Waals surface area contributed by atoms with E-state index in [-0.39, 0.29) is 11.5 Å². The van der Waals surface area contributed by atoms with Gasteiger partial charge in [0, 0.05) is 16.8 Å². The van der Waals surface area contributed by atoms with E-state index in [1.807, 2.05) is 6.07 Å². The van der Waals surface area contributed by atoms with Crippen molar-refractivity contribution >= 4 is 10.8 Å². The van der Waals surface area contributed by atoms with Gasteiger partial charge in [-0.25, -0.2) is 0 Å². The Labute approximate surface area is 115 Å². The Morgan fingerprint density at radius 1 is 0.700 bits per heavy atom. The first kappa shape index (κ1) is 12.2. The van der Waals surface area contributed by atoms with Crippen LogP contribution in [0.4, 0.5) is 0 Å². The zero-order chi connectivity index (χ0) is 13.9. The molecule has 2 N–H and O–H groups in total. The number of fused-ring (bicyclic) bond motifs is 1. The molecule has 3 aromatic rings. The molecule has 0 aliphatic carbocycles. The molecule has 0 unspecified atom stereocenters. The van der Waals surface area contributed by atoms with Gasteiger partial charge in [-0.2, -0.15) is 0 Å². The molecular formula is C16H12O4. The van der Waals surface area contributed by atoms with E-state index in [9.17, 15) is 10.2 Å². The summed E-state index contributed by atoms with van der Waals surface area (Å²) in [7, 11) is 0. The van der Waals surface area contributed by atoms with Crippen LogP contribution in [0.2, 0.25) is 0 Å². The molecule has 0 aromatic heterocycles. The second-order valence-electron chi connectivity index (χ2n) is 4.29. The zero-order valence-electron chi connectivity index (χ0n) is 10.5. The van der Waals surface area contributed by atoms with Crippen molar-refractivity contribution in [3.8, 4) is 23.0 Å². The Kier molecular flexibility index (Phi) is 3.05. The molecule has 3 aromatic carbocycles. The molecule has 0 saturated carbocycles. The molecule has 0 bridgehead atoms. The summed E-state index contributed by atoms with van der Waals surface area (Å²) in [6, 6.07) is 16.8. The molecule has 4 heteroatoms. The normalized spacial score (nSPS) is 10.4. The van der Waals surface area contributed by atoms with Gasteiger partial charge in [0.25, 0.3) is 0 Å². The molecule has 0 amide bonds. The fourth-order valence-electron chi connectivity index (χ4n) is 1.97. The number of phenols is 2. The fraction of sp³-hybridized carbons (Fsp3) is 0. The molecule has 0 saturated heterocycles. The van der Waals surface area contributed by atoms with Crippen LogP contribution in [0.1, 0.15) is 0 Å². The van der Waals surface area contributed by atoms with Crippen LogP contribution in [-0.4, -0.2) is 10.2 Å². The number of aromatic hydroxyl groups is 2. The molecule has 3 rings (SSSR count). The Hall–Kier alpha value is -2.88. The quantitative estimate of drug-likeness (QED) is 0.562. The highest BCUT2D eigenvalue weighted by Gasteiger charge is 2.06. The lowest BCUT2D eigenvalue weighted by Crippen LogP contribution is -2.00. The van der Waals surface area contributed by atoms with Gasteiger partial charge >= 0.3 is 0 Å². The van der Waals surface area contributed by atoms with E-state index in [1.165, 1.54) is 6.07 Å². The van der Waals surface area contributed by atoms with Crippen LogP contribution < -0.4 is 9.78 Å². The molecule has 20 heavy (non-hydrogen) atoms. The number of hydrogen-bond donors (Lipinski definition) is 2. The van der Waals surface area contributed by atoms with E-state index < -0.39 is 0 Å². The number of hydrogen-bond acceptors (Lipinski definition) is 4. The molecule has 0 aliphatic heterocycles. The molecule has 0 spiro atoms. The van der Waals surface area contributed by atoms with Crippen LogP contribution in [0.25, 0.3) is 10.8 Å². The third kappa shape index (κ3) is 2.31. The standard InChI is InChI=1S/C16H12O4/c17-11-4-1-5-12(10-11)19-20-16-9-3-6-13-14(16)7-2-8-15(13)18/h1-10,17-18H. The summed E-state index contributed by atoms with van der Waals surface area (Å²) in [6.45, 7) is 0. The van der Waals surface area contributed by atoms with Gasteiger partial charge < -0.3 is 10.2 Å². The van der Waals surface area contributed by atoms with Crippen LogP contribution in [-0.2, 0) is 0 Å². The largest absolute Gasteiger partial charge is 0.508 e. The van der Waals surface area contributed by atoms with Crippen molar-refractivity contribution in [1.29, 1.82) is 0 Å². The summed E-state index contributed by atoms with van der Waals surface area (Å²) in [5.41, 5.74) is 0. The lowest BCUT2D eigenvalue weighted by Gasteiger charge is -2.09. The van der Waals surface area contributed by atoms with Crippen molar-refractivity contribution < 1.29 is 20.0 Å². The first-order chi connectivity index (χ1) is 9.74. The van der Waals surface area contributed by atoms with E-state index in [0.29, 0.717) is 16.9 Å². The lowest BCUT2D eigenvalue weighted by molar-refractivity contribution is -0.0985. The highest BCUT2D eigenvalue weighted by molar-refractivity contribution is 5.92. The van der Waals surface area contributed by atoms with Gasteiger partial charge in [0.05, 0.1) is 0 Å². The minimum absolute atomic E-state index is 0.0988.